The van der Waals surface area contributed by atoms with Crippen LogP contribution in [0.1, 0.15) is 25.3 Å². The van der Waals surface area contributed by atoms with Crippen LogP contribution in [0.3, 0.4) is 0 Å². The first-order valence-corrected chi connectivity index (χ1v) is 9.10. The lowest BCUT2D eigenvalue weighted by molar-refractivity contribution is 0.185. The molecule has 1 saturated heterocycles. The molecule has 4 rings (SSSR count). The zero-order valence-corrected chi connectivity index (χ0v) is 15.6. The van der Waals surface area contributed by atoms with Gasteiger partial charge in [-0.25, -0.2) is 4.98 Å². The minimum absolute atomic E-state index is 0.457. The summed E-state index contributed by atoms with van der Waals surface area (Å²) in [7, 11) is 1.71. The maximum Gasteiger partial charge on any atom is 0.258 e. The summed E-state index contributed by atoms with van der Waals surface area (Å²) in [5.41, 5.74) is 9.61. The van der Waals surface area contributed by atoms with E-state index in [0.717, 1.165) is 23.2 Å². The number of anilines is 2. The van der Waals surface area contributed by atoms with E-state index in [1.54, 1.807) is 19.4 Å². The number of benzene rings is 1. The van der Waals surface area contributed by atoms with Gasteiger partial charge in [-0.15, -0.1) is 0 Å². The number of nitrogens with two attached hydrogens (primary N) is 1. The van der Waals surface area contributed by atoms with E-state index in [1.165, 1.54) is 18.5 Å². The maximum absolute atomic E-state index is 5.63. The van der Waals surface area contributed by atoms with Gasteiger partial charge in [0.2, 0.25) is 5.82 Å². The van der Waals surface area contributed by atoms with Crippen LogP contribution < -0.4 is 10.6 Å². The number of hydrogen-bond acceptors (Lipinski definition) is 7. The molecule has 140 valence electrons. The van der Waals surface area contributed by atoms with Crippen molar-refractivity contribution in [2.75, 3.05) is 24.3 Å². The van der Waals surface area contributed by atoms with Gasteiger partial charge in [-0.3, -0.25) is 0 Å². The molecule has 27 heavy (non-hydrogen) atoms. The Hall–Kier alpha value is -2.93. The standard InChI is InChI=1S/C20H23N5O2/c1-13-4-3-9-25(13)17-7-5-14(10-16(17)12-26-2)20-23-19(24-27-20)15-6-8-18(21)22-11-15/h5-8,10-11,13H,3-4,9,12H2,1-2H3,(H2,21,22)/t13-/m0/s1. The molecule has 1 aromatic carbocycles. The number of nitrogens with zero attached hydrogens (tertiary/aromatic N) is 4. The molecule has 1 aliphatic rings. The Morgan fingerprint density at radius 2 is 2.11 bits per heavy atom. The van der Waals surface area contributed by atoms with Crippen molar-refractivity contribution in [2.24, 2.45) is 0 Å². The van der Waals surface area contributed by atoms with E-state index in [4.69, 9.17) is 15.0 Å². The number of rotatable bonds is 5. The molecule has 7 heteroatoms. The lowest BCUT2D eigenvalue weighted by Crippen LogP contribution is -2.27. The van der Waals surface area contributed by atoms with Crippen molar-refractivity contribution in [2.45, 2.75) is 32.4 Å². The molecule has 0 bridgehead atoms. The molecule has 0 amide bonds. The van der Waals surface area contributed by atoms with Gasteiger partial charge in [0.15, 0.2) is 0 Å². The topological polar surface area (TPSA) is 90.3 Å². The largest absolute Gasteiger partial charge is 0.384 e. The summed E-state index contributed by atoms with van der Waals surface area (Å²) >= 11 is 0. The quantitative estimate of drug-likeness (QED) is 0.740. The number of pyridine rings is 1. The summed E-state index contributed by atoms with van der Waals surface area (Å²) in [5, 5.41) is 4.07. The Labute approximate surface area is 158 Å². The number of nitrogen functional groups attached to an aromatic ring is 1. The third-order valence-corrected chi connectivity index (χ3v) is 4.96. The van der Waals surface area contributed by atoms with Gasteiger partial charge in [0.05, 0.1) is 6.61 Å². The van der Waals surface area contributed by atoms with Crippen LogP contribution in [-0.4, -0.2) is 34.8 Å². The minimum Gasteiger partial charge on any atom is -0.384 e. The Kier molecular flexibility index (Phi) is 4.77. The third kappa shape index (κ3) is 3.50. The highest BCUT2D eigenvalue weighted by Gasteiger charge is 2.23. The van der Waals surface area contributed by atoms with Crippen molar-refractivity contribution < 1.29 is 9.26 Å². The monoisotopic (exact) mass is 365 g/mol. The molecule has 0 spiro atoms. The van der Waals surface area contributed by atoms with E-state index in [1.807, 2.05) is 12.1 Å². The van der Waals surface area contributed by atoms with E-state index < -0.39 is 0 Å². The van der Waals surface area contributed by atoms with Crippen LogP contribution in [0.4, 0.5) is 11.5 Å². The second-order valence-electron chi connectivity index (χ2n) is 6.86. The molecule has 3 aromatic rings. The lowest BCUT2D eigenvalue weighted by Gasteiger charge is -2.26. The molecule has 1 fully saturated rings. The number of hydrogen-bond donors (Lipinski definition) is 1. The van der Waals surface area contributed by atoms with Crippen molar-refractivity contribution in [3.63, 3.8) is 0 Å². The summed E-state index contributed by atoms with van der Waals surface area (Å²) in [6, 6.07) is 10.3. The molecular formula is C20H23N5O2. The fraction of sp³-hybridized carbons (Fsp3) is 0.350. The van der Waals surface area contributed by atoms with Crippen LogP contribution in [0.2, 0.25) is 0 Å². The molecule has 0 radical (unpaired) electrons. The number of aromatic nitrogens is 3. The van der Waals surface area contributed by atoms with Crippen molar-refractivity contribution in [3.8, 4) is 22.8 Å². The van der Waals surface area contributed by atoms with Crippen LogP contribution in [0, 0.1) is 0 Å². The van der Waals surface area contributed by atoms with Gasteiger partial charge in [-0.05, 0) is 50.1 Å². The Bertz CT molecular complexity index is 922. The Balaban J connectivity index is 1.66. The van der Waals surface area contributed by atoms with Gasteiger partial charge in [-0.1, -0.05) is 5.16 Å². The molecule has 3 heterocycles. The first-order valence-electron chi connectivity index (χ1n) is 9.10. The predicted molar refractivity (Wildman–Crippen MR) is 104 cm³/mol. The highest BCUT2D eigenvalue weighted by atomic mass is 16.5. The summed E-state index contributed by atoms with van der Waals surface area (Å²) in [6.45, 7) is 3.88. The molecule has 0 unspecified atom stereocenters. The average Bonchev–Trinajstić information content (AvgIpc) is 3.32. The fourth-order valence-electron chi connectivity index (χ4n) is 3.56. The lowest BCUT2D eigenvalue weighted by atomic mass is 10.1. The van der Waals surface area contributed by atoms with Crippen molar-refractivity contribution in [1.29, 1.82) is 0 Å². The molecule has 7 nitrogen and oxygen atoms in total. The summed E-state index contributed by atoms with van der Waals surface area (Å²) < 4.78 is 10.9. The summed E-state index contributed by atoms with van der Waals surface area (Å²) in [5.74, 6) is 1.42. The van der Waals surface area contributed by atoms with Crippen LogP contribution in [0.25, 0.3) is 22.8 Å². The molecular weight excluding hydrogens is 342 g/mol. The third-order valence-electron chi connectivity index (χ3n) is 4.96. The smallest absolute Gasteiger partial charge is 0.258 e. The Morgan fingerprint density at radius 3 is 2.81 bits per heavy atom. The predicted octanol–water partition coefficient (Wildman–Crippen LogP) is 3.52. The molecule has 2 aromatic heterocycles. The van der Waals surface area contributed by atoms with E-state index in [0.29, 0.717) is 30.2 Å². The fourth-order valence-corrected chi connectivity index (χ4v) is 3.56. The Morgan fingerprint density at radius 1 is 1.26 bits per heavy atom. The summed E-state index contributed by atoms with van der Waals surface area (Å²) in [4.78, 5) is 11.0. The van der Waals surface area contributed by atoms with Crippen LogP contribution in [-0.2, 0) is 11.3 Å². The first kappa shape index (κ1) is 17.5. The van der Waals surface area contributed by atoms with Gasteiger partial charge < -0.3 is 19.9 Å². The highest BCUT2D eigenvalue weighted by Crippen LogP contribution is 2.32. The van der Waals surface area contributed by atoms with Gasteiger partial charge in [-0.2, -0.15) is 4.98 Å². The van der Waals surface area contributed by atoms with E-state index in [-0.39, 0.29) is 0 Å². The highest BCUT2D eigenvalue weighted by molar-refractivity contribution is 5.66. The maximum atomic E-state index is 5.63. The normalized spacial score (nSPS) is 16.8. The molecule has 0 saturated carbocycles. The molecule has 2 N–H and O–H groups in total. The van der Waals surface area contributed by atoms with Crippen molar-refractivity contribution >= 4 is 11.5 Å². The zero-order chi connectivity index (χ0) is 18.8. The van der Waals surface area contributed by atoms with Gasteiger partial charge in [0, 0.05) is 48.3 Å². The molecule has 1 atom stereocenters. The van der Waals surface area contributed by atoms with Crippen molar-refractivity contribution in [3.05, 3.63) is 42.1 Å². The van der Waals surface area contributed by atoms with Crippen LogP contribution in [0.5, 0.6) is 0 Å². The summed E-state index contributed by atoms with van der Waals surface area (Å²) in [6.07, 6.45) is 4.08. The van der Waals surface area contributed by atoms with Gasteiger partial charge in [0.1, 0.15) is 5.82 Å². The second kappa shape index (κ2) is 7.36. The van der Waals surface area contributed by atoms with Crippen LogP contribution >= 0.6 is 0 Å². The van der Waals surface area contributed by atoms with Crippen molar-refractivity contribution in [1.82, 2.24) is 15.1 Å². The van der Waals surface area contributed by atoms with E-state index in [2.05, 4.69) is 39.1 Å². The number of ether oxygens (including phenoxy) is 1. The molecule has 1 aliphatic heterocycles. The van der Waals surface area contributed by atoms with Gasteiger partial charge >= 0.3 is 0 Å². The van der Waals surface area contributed by atoms with E-state index in [9.17, 15) is 0 Å². The molecule has 0 aliphatic carbocycles. The minimum atomic E-state index is 0.457. The number of methoxy groups -OCH3 is 1. The van der Waals surface area contributed by atoms with E-state index >= 15 is 0 Å². The van der Waals surface area contributed by atoms with Gasteiger partial charge in [0.25, 0.3) is 5.89 Å². The first-order chi connectivity index (χ1) is 13.2. The average molecular weight is 365 g/mol. The SMILES string of the molecule is COCc1cc(-c2nc(-c3ccc(N)nc3)no2)ccc1N1CCC[C@@H]1C. The zero-order valence-electron chi connectivity index (χ0n) is 15.6. The van der Waals surface area contributed by atoms with Crippen LogP contribution in [0.15, 0.2) is 41.1 Å². The second-order valence-corrected chi connectivity index (χ2v) is 6.86.